The Bertz CT molecular complexity index is 458. The summed E-state index contributed by atoms with van der Waals surface area (Å²) >= 11 is 0. The molecule has 0 spiro atoms. The molecule has 0 bridgehead atoms. The number of carboxylic acid groups (broad SMARTS) is 1. The number of carboxylic acids is 1. The Morgan fingerprint density at radius 2 is 1.95 bits per heavy atom. The molecule has 1 aromatic carbocycles. The van der Waals surface area contributed by atoms with E-state index < -0.39 is 5.97 Å². The van der Waals surface area contributed by atoms with Crippen LogP contribution in [0.3, 0.4) is 0 Å². The molecule has 1 N–H and O–H groups in total. The zero-order valence-corrected chi connectivity index (χ0v) is 12.3. The molecule has 0 amide bonds. The number of hydrogen-bond donors (Lipinski definition) is 1. The molecule has 1 rings (SSSR count). The van der Waals surface area contributed by atoms with Crippen molar-refractivity contribution in [2.24, 2.45) is 0 Å². The average Bonchev–Trinajstić information content (AvgIpc) is 2.35. The molecule has 0 radical (unpaired) electrons. The lowest BCUT2D eigenvalue weighted by Gasteiger charge is -2.19. The van der Waals surface area contributed by atoms with Crippen LogP contribution >= 0.6 is 0 Å². The van der Waals surface area contributed by atoms with E-state index >= 15 is 0 Å². The third-order valence-corrected chi connectivity index (χ3v) is 2.48. The Kier molecular flexibility index (Phi) is 6.42. The van der Waals surface area contributed by atoms with Gasteiger partial charge in [-0.3, -0.25) is 0 Å². The molecule has 0 atom stereocenters. The molecule has 0 aromatic heterocycles. The van der Waals surface area contributed by atoms with E-state index in [2.05, 4.69) is 0 Å². The van der Waals surface area contributed by atoms with Gasteiger partial charge in [-0.2, -0.15) is 0 Å². The molecular formula is C16H22O4. The Morgan fingerprint density at radius 3 is 2.60 bits per heavy atom. The van der Waals surface area contributed by atoms with E-state index in [1.54, 1.807) is 6.08 Å². The quantitative estimate of drug-likeness (QED) is 0.615. The molecule has 0 saturated heterocycles. The maximum Gasteiger partial charge on any atom is 0.328 e. The fourth-order valence-electron chi connectivity index (χ4n) is 1.58. The van der Waals surface area contributed by atoms with Gasteiger partial charge < -0.3 is 14.6 Å². The van der Waals surface area contributed by atoms with Crippen molar-refractivity contribution < 1.29 is 19.4 Å². The van der Waals surface area contributed by atoms with Crippen LogP contribution in [-0.2, 0) is 20.9 Å². The van der Waals surface area contributed by atoms with Crippen LogP contribution in [-0.4, -0.2) is 29.9 Å². The summed E-state index contributed by atoms with van der Waals surface area (Å²) < 4.78 is 11.1. The highest BCUT2D eigenvalue weighted by molar-refractivity contribution is 5.85. The van der Waals surface area contributed by atoms with Gasteiger partial charge in [-0.1, -0.05) is 24.3 Å². The fraction of sp³-hybridized carbons (Fsp3) is 0.438. The van der Waals surface area contributed by atoms with Crippen LogP contribution in [0, 0.1) is 0 Å². The van der Waals surface area contributed by atoms with E-state index in [1.807, 2.05) is 45.0 Å². The molecule has 0 aliphatic heterocycles. The number of carbonyl (C=O) groups is 1. The SMILES string of the molecule is CC(C)(C)OCCOCc1ccccc1/C=C/C(=O)O. The molecule has 20 heavy (non-hydrogen) atoms. The number of aliphatic carboxylic acids is 1. The molecule has 4 nitrogen and oxygen atoms in total. The number of hydrogen-bond acceptors (Lipinski definition) is 3. The highest BCUT2D eigenvalue weighted by atomic mass is 16.5. The van der Waals surface area contributed by atoms with Crippen molar-refractivity contribution in [3.8, 4) is 0 Å². The minimum Gasteiger partial charge on any atom is -0.478 e. The van der Waals surface area contributed by atoms with Crippen molar-refractivity contribution in [1.82, 2.24) is 0 Å². The van der Waals surface area contributed by atoms with Gasteiger partial charge in [0.2, 0.25) is 0 Å². The summed E-state index contributed by atoms with van der Waals surface area (Å²) in [7, 11) is 0. The van der Waals surface area contributed by atoms with Crippen LogP contribution in [0.25, 0.3) is 6.08 Å². The van der Waals surface area contributed by atoms with Crippen molar-refractivity contribution in [3.63, 3.8) is 0 Å². The third kappa shape index (κ3) is 7.07. The first-order valence-corrected chi connectivity index (χ1v) is 6.59. The van der Waals surface area contributed by atoms with Crippen molar-refractivity contribution in [3.05, 3.63) is 41.5 Å². The summed E-state index contributed by atoms with van der Waals surface area (Å²) in [5.74, 6) is -0.959. The molecule has 0 aliphatic rings. The van der Waals surface area contributed by atoms with E-state index in [0.717, 1.165) is 17.2 Å². The van der Waals surface area contributed by atoms with E-state index in [9.17, 15) is 4.79 Å². The van der Waals surface area contributed by atoms with Crippen LogP contribution in [0.4, 0.5) is 0 Å². The van der Waals surface area contributed by atoms with Gasteiger partial charge in [0.05, 0.1) is 25.4 Å². The first kappa shape index (κ1) is 16.4. The van der Waals surface area contributed by atoms with Crippen molar-refractivity contribution in [1.29, 1.82) is 0 Å². The molecule has 110 valence electrons. The first-order chi connectivity index (χ1) is 9.38. The Labute approximate surface area is 120 Å². The molecule has 1 aromatic rings. The van der Waals surface area contributed by atoms with Crippen LogP contribution in [0.2, 0.25) is 0 Å². The number of rotatable bonds is 7. The monoisotopic (exact) mass is 278 g/mol. The maximum absolute atomic E-state index is 10.5. The molecule has 0 unspecified atom stereocenters. The van der Waals surface area contributed by atoms with Crippen LogP contribution in [0.5, 0.6) is 0 Å². The van der Waals surface area contributed by atoms with Crippen molar-refractivity contribution >= 4 is 12.0 Å². The fourth-order valence-corrected chi connectivity index (χ4v) is 1.58. The summed E-state index contributed by atoms with van der Waals surface area (Å²) in [6.07, 6.45) is 2.70. The molecule has 0 heterocycles. The van der Waals surface area contributed by atoms with Gasteiger partial charge in [-0.25, -0.2) is 4.79 Å². The summed E-state index contributed by atoms with van der Waals surface area (Å²) in [6, 6.07) is 7.56. The van der Waals surface area contributed by atoms with E-state index in [4.69, 9.17) is 14.6 Å². The molecule has 0 fully saturated rings. The predicted molar refractivity (Wildman–Crippen MR) is 78.5 cm³/mol. The minimum absolute atomic E-state index is 0.161. The van der Waals surface area contributed by atoms with Gasteiger partial charge in [-0.15, -0.1) is 0 Å². The largest absolute Gasteiger partial charge is 0.478 e. The van der Waals surface area contributed by atoms with Crippen LogP contribution in [0.1, 0.15) is 31.9 Å². The lowest BCUT2D eigenvalue weighted by atomic mass is 10.1. The topological polar surface area (TPSA) is 55.8 Å². The lowest BCUT2D eigenvalue weighted by molar-refractivity contribution is -0.131. The highest BCUT2D eigenvalue weighted by Gasteiger charge is 2.09. The smallest absolute Gasteiger partial charge is 0.328 e. The first-order valence-electron chi connectivity index (χ1n) is 6.59. The van der Waals surface area contributed by atoms with Gasteiger partial charge in [0, 0.05) is 6.08 Å². The third-order valence-electron chi connectivity index (χ3n) is 2.48. The minimum atomic E-state index is -0.959. The predicted octanol–water partition coefficient (Wildman–Crippen LogP) is 3.12. The van der Waals surface area contributed by atoms with E-state index in [0.29, 0.717) is 19.8 Å². The summed E-state index contributed by atoms with van der Waals surface area (Å²) in [5, 5.41) is 8.65. The van der Waals surface area contributed by atoms with Gasteiger partial charge in [-0.05, 0) is 38.0 Å². The Morgan fingerprint density at radius 1 is 1.25 bits per heavy atom. The van der Waals surface area contributed by atoms with Crippen molar-refractivity contribution in [2.75, 3.05) is 13.2 Å². The number of ether oxygens (including phenoxy) is 2. The highest BCUT2D eigenvalue weighted by Crippen LogP contribution is 2.12. The molecule has 0 aliphatic carbocycles. The average molecular weight is 278 g/mol. The van der Waals surface area contributed by atoms with E-state index in [1.165, 1.54) is 0 Å². The lowest BCUT2D eigenvalue weighted by Crippen LogP contribution is -2.21. The second kappa shape index (κ2) is 7.82. The summed E-state index contributed by atoms with van der Waals surface area (Å²) in [5.41, 5.74) is 1.65. The second-order valence-electron chi connectivity index (χ2n) is 5.38. The van der Waals surface area contributed by atoms with Crippen LogP contribution in [0.15, 0.2) is 30.3 Å². The standard InChI is InChI=1S/C16H22O4/c1-16(2,3)20-11-10-19-12-14-7-5-4-6-13(14)8-9-15(17)18/h4-9H,10-12H2,1-3H3,(H,17,18)/b9-8+. The maximum atomic E-state index is 10.5. The molecular weight excluding hydrogens is 256 g/mol. The van der Waals surface area contributed by atoms with Gasteiger partial charge in [0.1, 0.15) is 0 Å². The summed E-state index contributed by atoms with van der Waals surface area (Å²) in [6.45, 7) is 7.48. The van der Waals surface area contributed by atoms with Gasteiger partial charge in [0.15, 0.2) is 0 Å². The normalized spacial score (nSPS) is 11.9. The molecule has 0 saturated carbocycles. The van der Waals surface area contributed by atoms with Gasteiger partial charge in [0.25, 0.3) is 0 Å². The number of benzene rings is 1. The second-order valence-corrected chi connectivity index (χ2v) is 5.38. The zero-order chi connectivity index (χ0) is 15.0. The van der Waals surface area contributed by atoms with Gasteiger partial charge >= 0.3 is 5.97 Å². The van der Waals surface area contributed by atoms with Crippen molar-refractivity contribution in [2.45, 2.75) is 33.0 Å². The van der Waals surface area contributed by atoms with Crippen LogP contribution < -0.4 is 0 Å². The van der Waals surface area contributed by atoms with E-state index in [-0.39, 0.29) is 5.60 Å². The molecule has 4 heteroatoms. The summed E-state index contributed by atoms with van der Waals surface area (Å²) in [4.78, 5) is 10.5. The zero-order valence-electron chi connectivity index (χ0n) is 12.3. The Balaban J connectivity index is 2.46. The Hall–Kier alpha value is -1.65.